The van der Waals surface area contributed by atoms with Crippen LogP contribution >= 0.6 is 0 Å². The first-order valence-corrected chi connectivity index (χ1v) is 10.9. The molecule has 4 N–H and O–H groups in total. The number of nitrogens with two attached hydrogens (primary N) is 1. The van der Waals surface area contributed by atoms with E-state index < -0.39 is 35.6 Å². The quantitative estimate of drug-likeness (QED) is 0.114. The minimum atomic E-state index is -1.09. The van der Waals surface area contributed by atoms with Crippen molar-refractivity contribution < 1.29 is 38.4 Å². The molecule has 13 nitrogen and oxygen atoms in total. The highest BCUT2D eigenvalue weighted by Gasteiger charge is 2.28. The number of hydroxylamine groups is 2. The lowest BCUT2D eigenvalue weighted by atomic mass is 10.1. The zero-order chi connectivity index (χ0) is 25.9. The van der Waals surface area contributed by atoms with E-state index in [4.69, 9.17) is 9.63 Å². The Morgan fingerprint density at radius 1 is 1.15 bits per heavy atom. The van der Waals surface area contributed by atoms with Crippen LogP contribution in [0.1, 0.15) is 45.4 Å². The Bertz CT molecular complexity index is 737. The lowest BCUT2D eigenvalue weighted by molar-refractivity contribution is -0.198. The lowest BCUT2D eigenvalue weighted by Gasteiger charge is -2.21. The zero-order valence-corrected chi connectivity index (χ0v) is 19.5. The summed E-state index contributed by atoms with van der Waals surface area (Å²) in [5.41, 5.74) is 4.66. The molecule has 0 aliphatic carbocycles. The summed E-state index contributed by atoms with van der Waals surface area (Å²) in [4.78, 5) is 85.5. The van der Waals surface area contributed by atoms with E-state index in [1.54, 1.807) is 14.0 Å². The maximum absolute atomic E-state index is 12.5. The number of rotatable bonds is 14. The van der Waals surface area contributed by atoms with Crippen LogP contribution in [0.25, 0.3) is 0 Å². The standard InChI is InChI=1S/C19H28N4O7.C2H5NO/c1-3-6-18(28)23(13-24)30-19(29)14(7-4-5-11-20-2)21-15(25)10-12-22-16(26)8-9-17(22)27;3-1-2-4/h8-9,13-14,20H,3-7,10-12H2,1-2H3,(H,21,25);2H,1,3H2. The van der Waals surface area contributed by atoms with E-state index in [0.717, 1.165) is 23.5 Å². The van der Waals surface area contributed by atoms with Gasteiger partial charge in [0.15, 0.2) is 0 Å². The molecule has 1 heterocycles. The molecule has 5 amide bonds. The smallest absolute Gasteiger partial charge is 0.343 e. The fourth-order valence-electron chi connectivity index (χ4n) is 2.65. The molecule has 0 spiro atoms. The number of unbranched alkanes of at least 4 members (excludes halogenated alkanes) is 1. The fraction of sp³-hybridized carbons (Fsp3) is 0.571. The van der Waals surface area contributed by atoms with Crippen LogP contribution in [0.15, 0.2) is 12.2 Å². The summed E-state index contributed by atoms with van der Waals surface area (Å²) in [5.74, 6) is -3.20. The molecular weight excluding hydrogens is 450 g/mol. The highest BCUT2D eigenvalue weighted by atomic mass is 16.7. The number of carbonyl (C=O) groups excluding carboxylic acids is 7. The van der Waals surface area contributed by atoms with Crippen LogP contribution in [0.5, 0.6) is 0 Å². The molecule has 1 atom stereocenters. The number of nitrogens with one attached hydrogen (secondary N) is 2. The van der Waals surface area contributed by atoms with E-state index >= 15 is 0 Å². The van der Waals surface area contributed by atoms with Crippen LogP contribution in [0.4, 0.5) is 0 Å². The van der Waals surface area contributed by atoms with Gasteiger partial charge in [0, 0.05) is 38.1 Å². The van der Waals surface area contributed by atoms with Gasteiger partial charge < -0.3 is 26.0 Å². The Kier molecular flexibility index (Phi) is 16.2. The third kappa shape index (κ3) is 12.0. The molecule has 0 fully saturated rings. The third-order valence-electron chi connectivity index (χ3n) is 4.34. The zero-order valence-electron chi connectivity index (χ0n) is 19.5. The maximum atomic E-state index is 12.5. The molecule has 0 aromatic carbocycles. The van der Waals surface area contributed by atoms with Crippen LogP contribution in [0.2, 0.25) is 0 Å². The topological polar surface area (TPSA) is 185 Å². The highest BCUT2D eigenvalue weighted by Crippen LogP contribution is 2.08. The Balaban J connectivity index is 0.00000251. The van der Waals surface area contributed by atoms with Gasteiger partial charge in [-0.1, -0.05) is 6.92 Å². The number of carbonyl (C=O) groups is 7. The first-order valence-electron chi connectivity index (χ1n) is 10.9. The molecule has 0 aromatic rings. The van der Waals surface area contributed by atoms with Gasteiger partial charge in [0.25, 0.3) is 24.1 Å². The molecule has 1 aliphatic rings. The first-order chi connectivity index (χ1) is 16.2. The van der Waals surface area contributed by atoms with E-state index in [1.165, 1.54) is 0 Å². The average molecular weight is 484 g/mol. The summed E-state index contributed by atoms with van der Waals surface area (Å²) in [6.45, 7) is 2.45. The molecule has 0 saturated carbocycles. The van der Waals surface area contributed by atoms with Gasteiger partial charge in [-0.15, -0.1) is 5.06 Å². The predicted octanol–water partition coefficient (Wildman–Crippen LogP) is -1.44. The van der Waals surface area contributed by atoms with Crippen molar-refractivity contribution in [2.45, 2.75) is 51.5 Å². The Morgan fingerprint density at radius 2 is 1.76 bits per heavy atom. The van der Waals surface area contributed by atoms with Crippen molar-refractivity contribution in [3.8, 4) is 0 Å². The molecule has 0 radical (unpaired) electrons. The van der Waals surface area contributed by atoms with Crippen LogP contribution < -0.4 is 16.4 Å². The second kappa shape index (κ2) is 18.0. The molecule has 0 saturated heterocycles. The molecule has 0 aromatic heterocycles. The number of hydrogen-bond donors (Lipinski definition) is 3. The monoisotopic (exact) mass is 483 g/mol. The van der Waals surface area contributed by atoms with Gasteiger partial charge in [-0.05, 0) is 39.3 Å². The minimum Gasteiger partial charge on any atom is -0.343 e. The molecular formula is C21H33N5O8. The van der Waals surface area contributed by atoms with Crippen molar-refractivity contribution in [3.05, 3.63) is 12.2 Å². The van der Waals surface area contributed by atoms with Crippen molar-refractivity contribution in [2.75, 3.05) is 26.7 Å². The molecule has 1 rings (SSSR count). The average Bonchev–Trinajstić information content (AvgIpc) is 3.15. The van der Waals surface area contributed by atoms with Gasteiger partial charge in [0.05, 0.1) is 0 Å². The second-order valence-corrected chi connectivity index (χ2v) is 7.02. The molecule has 1 aliphatic heterocycles. The summed E-state index contributed by atoms with van der Waals surface area (Å²) in [5, 5.41) is 5.78. The lowest BCUT2D eigenvalue weighted by Crippen LogP contribution is -2.46. The molecule has 34 heavy (non-hydrogen) atoms. The van der Waals surface area contributed by atoms with Gasteiger partial charge in [-0.3, -0.25) is 28.9 Å². The Morgan fingerprint density at radius 3 is 2.26 bits per heavy atom. The van der Waals surface area contributed by atoms with Crippen LogP contribution in [0, 0.1) is 0 Å². The van der Waals surface area contributed by atoms with Crippen molar-refractivity contribution >= 4 is 42.3 Å². The third-order valence-corrected chi connectivity index (χ3v) is 4.34. The first kappa shape index (κ1) is 30.6. The number of aldehydes is 1. The van der Waals surface area contributed by atoms with Gasteiger partial charge in [-0.2, -0.15) is 0 Å². The Labute approximate surface area is 198 Å². The van der Waals surface area contributed by atoms with Crippen LogP contribution in [-0.2, 0) is 38.4 Å². The van der Waals surface area contributed by atoms with Crippen molar-refractivity contribution in [2.24, 2.45) is 5.73 Å². The van der Waals surface area contributed by atoms with Gasteiger partial charge in [0.2, 0.25) is 5.91 Å². The minimum absolute atomic E-state index is 0.0249. The number of imide groups is 2. The van der Waals surface area contributed by atoms with E-state index in [1.807, 2.05) is 0 Å². The fourth-order valence-corrected chi connectivity index (χ4v) is 2.65. The largest absolute Gasteiger partial charge is 0.355 e. The van der Waals surface area contributed by atoms with E-state index in [2.05, 4.69) is 16.4 Å². The Hall–Kier alpha value is -3.45. The number of amides is 5. The van der Waals surface area contributed by atoms with Crippen molar-refractivity contribution in [1.29, 1.82) is 0 Å². The number of nitrogens with zero attached hydrogens (tertiary/aromatic N) is 2. The maximum Gasteiger partial charge on any atom is 0.355 e. The molecule has 190 valence electrons. The van der Waals surface area contributed by atoms with Crippen LogP contribution in [0.3, 0.4) is 0 Å². The molecule has 0 bridgehead atoms. The highest BCUT2D eigenvalue weighted by molar-refractivity contribution is 6.13. The van der Waals surface area contributed by atoms with Crippen molar-refractivity contribution in [1.82, 2.24) is 20.6 Å². The SMILES string of the molecule is CCCC(=O)N(C=O)OC(=O)C(CCCCNC)NC(=O)CCN1C(=O)C=CC1=O.NCC=O. The summed E-state index contributed by atoms with van der Waals surface area (Å²) in [6, 6.07) is -1.09. The molecule has 1 unspecified atom stereocenters. The summed E-state index contributed by atoms with van der Waals surface area (Å²) in [6.07, 6.45) is 4.80. The molecule has 13 heteroatoms. The van der Waals surface area contributed by atoms with E-state index in [0.29, 0.717) is 30.7 Å². The second-order valence-electron chi connectivity index (χ2n) is 7.02. The predicted molar refractivity (Wildman–Crippen MR) is 119 cm³/mol. The number of hydrogen-bond acceptors (Lipinski definition) is 10. The summed E-state index contributed by atoms with van der Waals surface area (Å²) in [7, 11) is 1.78. The van der Waals surface area contributed by atoms with Crippen molar-refractivity contribution in [3.63, 3.8) is 0 Å². The van der Waals surface area contributed by atoms with Gasteiger partial charge >= 0.3 is 5.97 Å². The van der Waals surface area contributed by atoms with E-state index in [9.17, 15) is 28.8 Å². The summed E-state index contributed by atoms with van der Waals surface area (Å²) >= 11 is 0. The van der Waals surface area contributed by atoms with Crippen LogP contribution in [-0.4, -0.2) is 85.0 Å². The summed E-state index contributed by atoms with van der Waals surface area (Å²) < 4.78 is 0. The van der Waals surface area contributed by atoms with Gasteiger partial charge in [0.1, 0.15) is 12.3 Å². The van der Waals surface area contributed by atoms with E-state index in [-0.39, 0.29) is 38.8 Å². The normalized spacial score (nSPS) is 13.0. The van der Waals surface area contributed by atoms with Gasteiger partial charge in [-0.25, -0.2) is 4.79 Å².